The number of hydrogen-bond donors (Lipinski definition) is 2. The van der Waals surface area contributed by atoms with Crippen molar-refractivity contribution in [2.45, 2.75) is 25.0 Å². The van der Waals surface area contributed by atoms with Gasteiger partial charge in [0.1, 0.15) is 0 Å². The smallest absolute Gasteiger partial charge is 0.0985 e. The lowest BCUT2D eigenvalue weighted by Crippen LogP contribution is -2.29. The van der Waals surface area contributed by atoms with E-state index in [0.29, 0.717) is 10.0 Å². The van der Waals surface area contributed by atoms with Crippen molar-refractivity contribution >= 4 is 23.2 Å². The Morgan fingerprint density at radius 3 is 2.36 bits per heavy atom. The molecule has 0 heterocycles. The molecule has 2 aromatic carbocycles. The SMILES string of the molecule is O[C@@H](c1cccc(Cl)c1)C(NCC1CC1)c1ccc(Cl)cc1. The Morgan fingerprint density at radius 1 is 1.00 bits per heavy atom. The van der Waals surface area contributed by atoms with E-state index < -0.39 is 6.10 Å². The Hall–Kier alpha value is -1.06. The summed E-state index contributed by atoms with van der Waals surface area (Å²) in [5.41, 5.74) is 1.84. The Balaban J connectivity index is 1.84. The number of benzene rings is 2. The fourth-order valence-corrected chi connectivity index (χ4v) is 2.91. The first kappa shape index (κ1) is 15.8. The third kappa shape index (κ3) is 4.02. The van der Waals surface area contributed by atoms with Crippen molar-refractivity contribution in [2.24, 2.45) is 5.92 Å². The van der Waals surface area contributed by atoms with Gasteiger partial charge >= 0.3 is 0 Å². The third-order valence-corrected chi connectivity index (χ3v) is 4.55. The average molecular weight is 336 g/mol. The highest BCUT2D eigenvalue weighted by molar-refractivity contribution is 6.30. The Labute approximate surface area is 141 Å². The first-order valence-corrected chi connectivity index (χ1v) is 8.31. The zero-order valence-electron chi connectivity index (χ0n) is 12.2. The molecule has 0 spiro atoms. The molecule has 1 saturated carbocycles. The molecule has 22 heavy (non-hydrogen) atoms. The summed E-state index contributed by atoms with van der Waals surface area (Å²) in [6, 6.07) is 14.8. The zero-order valence-corrected chi connectivity index (χ0v) is 13.7. The van der Waals surface area contributed by atoms with Crippen LogP contribution in [0.5, 0.6) is 0 Å². The van der Waals surface area contributed by atoms with Gasteiger partial charge in [-0.15, -0.1) is 0 Å². The van der Waals surface area contributed by atoms with Crippen molar-refractivity contribution in [3.8, 4) is 0 Å². The van der Waals surface area contributed by atoms with Gasteiger partial charge in [0.15, 0.2) is 0 Å². The minimum atomic E-state index is -0.654. The second-order valence-electron chi connectivity index (χ2n) is 5.88. The number of halogens is 2. The maximum absolute atomic E-state index is 10.8. The largest absolute Gasteiger partial charge is 0.386 e. The molecular formula is C18H19Cl2NO. The molecule has 0 radical (unpaired) electrons. The van der Waals surface area contributed by atoms with Gasteiger partial charge in [-0.1, -0.05) is 47.5 Å². The molecule has 0 amide bonds. The van der Waals surface area contributed by atoms with Crippen LogP contribution in [0.15, 0.2) is 48.5 Å². The second-order valence-corrected chi connectivity index (χ2v) is 6.75. The van der Waals surface area contributed by atoms with Crippen molar-refractivity contribution in [1.82, 2.24) is 5.32 Å². The van der Waals surface area contributed by atoms with E-state index in [1.807, 2.05) is 48.5 Å². The molecule has 116 valence electrons. The number of hydrogen-bond acceptors (Lipinski definition) is 2. The van der Waals surface area contributed by atoms with Crippen molar-refractivity contribution in [2.75, 3.05) is 6.54 Å². The van der Waals surface area contributed by atoms with Crippen LogP contribution in [0.1, 0.15) is 36.1 Å². The first-order valence-electron chi connectivity index (χ1n) is 7.56. The van der Waals surface area contributed by atoms with Crippen LogP contribution in [0.3, 0.4) is 0 Å². The van der Waals surface area contributed by atoms with Crippen LogP contribution in [0.25, 0.3) is 0 Å². The molecule has 4 heteroatoms. The van der Waals surface area contributed by atoms with Gasteiger partial charge < -0.3 is 10.4 Å². The van der Waals surface area contributed by atoms with Crippen molar-refractivity contribution < 1.29 is 5.11 Å². The Bertz CT molecular complexity index is 625. The molecule has 2 aromatic rings. The summed E-state index contributed by atoms with van der Waals surface area (Å²) in [6.07, 6.45) is 1.89. The predicted octanol–water partition coefficient (Wildman–Crippen LogP) is 4.77. The highest BCUT2D eigenvalue weighted by atomic mass is 35.5. The summed E-state index contributed by atoms with van der Waals surface area (Å²) in [5, 5.41) is 15.6. The van der Waals surface area contributed by atoms with Gasteiger partial charge in [-0.3, -0.25) is 0 Å². The van der Waals surface area contributed by atoms with E-state index in [-0.39, 0.29) is 6.04 Å². The molecule has 1 aliphatic rings. The minimum absolute atomic E-state index is 0.170. The second kappa shape index (κ2) is 7.01. The summed E-state index contributed by atoms with van der Waals surface area (Å²) < 4.78 is 0. The summed E-state index contributed by atoms with van der Waals surface area (Å²) in [4.78, 5) is 0. The molecule has 1 fully saturated rings. The van der Waals surface area contributed by atoms with Crippen LogP contribution in [0, 0.1) is 5.92 Å². The van der Waals surface area contributed by atoms with E-state index in [4.69, 9.17) is 23.2 Å². The first-order chi connectivity index (χ1) is 10.6. The van der Waals surface area contributed by atoms with Crippen molar-refractivity contribution in [1.29, 1.82) is 0 Å². The lowest BCUT2D eigenvalue weighted by Gasteiger charge is -2.25. The standard InChI is InChI=1S/C18H19Cl2NO/c19-15-8-6-13(7-9-15)17(21-11-12-4-5-12)18(22)14-2-1-3-16(20)10-14/h1-3,6-10,12,17-18,21-22H,4-5,11H2/t17?,18-/m0/s1. The quantitative estimate of drug-likeness (QED) is 0.797. The third-order valence-electron chi connectivity index (χ3n) is 4.06. The Morgan fingerprint density at radius 2 is 1.73 bits per heavy atom. The van der Waals surface area contributed by atoms with Crippen LogP contribution in [0.2, 0.25) is 10.0 Å². The van der Waals surface area contributed by atoms with E-state index in [9.17, 15) is 5.11 Å². The van der Waals surface area contributed by atoms with E-state index in [1.54, 1.807) is 0 Å². The van der Waals surface area contributed by atoms with Crippen LogP contribution in [-0.2, 0) is 0 Å². The Kier molecular flexibility index (Phi) is 5.04. The van der Waals surface area contributed by atoms with Crippen LogP contribution < -0.4 is 5.32 Å². The fourth-order valence-electron chi connectivity index (χ4n) is 2.58. The maximum atomic E-state index is 10.8. The molecule has 1 aliphatic carbocycles. The van der Waals surface area contributed by atoms with Crippen molar-refractivity contribution in [3.63, 3.8) is 0 Å². The normalized spacial score (nSPS) is 17.2. The number of rotatable bonds is 6. The van der Waals surface area contributed by atoms with Crippen LogP contribution in [0.4, 0.5) is 0 Å². The molecular weight excluding hydrogens is 317 g/mol. The molecule has 0 saturated heterocycles. The summed E-state index contributed by atoms with van der Waals surface area (Å²) in [6.45, 7) is 0.922. The number of aliphatic hydroxyl groups is 1. The molecule has 2 atom stereocenters. The predicted molar refractivity (Wildman–Crippen MR) is 91.3 cm³/mol. The summed E-state index contributed by atoms with van der Waals surface area (Å²) >= 11 is 12.0. The molecule has 1 unspecified atom stereocenters. The zero-order chi connectivity index (χ0) is 15.5. The van der Waals surface area contributed by atoms with E-state index >= 15 is 0 Å². The van der Waals surface area contributed by atoms with Gasteiger partial charge in [-0.2, -0.15) is 0 Å². The molecule has 3 rings (SSSR count). The molecule has 0 bridgehead atoms. The molecule has 2 nitrogen and oxygen atoms in total. The van der Waals surface area contributed by atoms with E-state index in [2.05, 4.69) is 5.32 Å². The highest BCUT2D eigenvalue weighted by Crippen LogP contribution is 2.33. The molecule has 2 N–H and O–H groups in total. The van der Waals surface area contributed by atoms with Gasteiger partial charge in [-0.25, -0.2) is 0 Å². The topological polar surface area (TPSA) is 32.3 Å². The highest BCUT2D eigenvalue weighted by Gasteiger charge is 2.27. The minimum Gasteiger partial charge on any atom is -0.386 e. The monoisotopic (exact) mass is 335 g/mol. The van der Waals surface area contributed by atoms with Gasteiger partial charge in [-0.05, 0) is 60.7 Å². The van der Waals surface area contributed by atoms with Gasteiger partial charge in [0.2, 0.25) is 0 Å². The van der Waals surface area contributed by atoms with E-state index in [1.165, 1.54) is 12.8 Å². The molecule has 0 aliphatic heterocycles. The van der Waals surface area contributed by atoms with Gasteiger partial charge in [0.25, 0.3) is 0 Å². The average Bonchev–Trinajstić information content (AvgIpc) is 3.33. The van der Waals surface area contributed by atoms with Gasteiger partial charge in [0.05, 0.1) is 12.1 Å². The number of aliphatic hydroxyl groups excluding tert-OH is 1. The fraction of sp³-hybridized carbons (Fsp3) is 0.333. The van der Waals surface area contributed by atoms with Crippen LogP contribution in [-0.4, -0.2) is 11.7 Å². The van der Waals surface area contributed by atoms with E-state index in [0.717, 1.165) is 23.6 Å². The molecule has 0 aromatic heterocycles. The number of nitrogens with one attached hydrogen (secondary N) is 1. The van der Waals surface area contributed by atoms with Crippen LogP contribution >= 0.6 is 23.2 Å². The summed E-state index contributed by atoms with van der Waals surface area (Å²) in [7, 11) is 0. The lowest BCUT2D eigenvalue weighted by atomic mass is 9.95. The van der Waals surface area contributed by atoms with Gasteiger partial charge in [0, 0.05) is 10.0 Å². The summed E-state index contributed by atoms with van der Waals surface area (Å²) in [5.74, 6) is 0.737. The lowest BCUT2D eigenvalue weighted by molar-refractivity contribution is 0.128. The maximum Gasteiger partial charge on any atom is 0.0985 e. The van der Waals surface area contributed by atoms with Crippen molar-refractivity contribution in [3.05, 3.63) is 69.7 Å².